The van der Waals surface area contributed by atoms with Crippen LogP contribution in [0.15, 0.2) is 41.0 Å². The van der Waals surface area contributed by atoms with E-state index in [4.69, 9.17) is 4.42 Å². The average molecular weight is 284 g/mol. The molecule has 1 aliphatic rings. The molecule has 0 bridgehead atoms. The monoisotopic (exact) mass is 284 g/mol. The number of benzene rings is 1. The topological polar surface area (TPSA) is 36.7 Å². The van der Waals surface area contributed by atoms with E-state index in [-0.39, 0.29) is 5.91 Å². The summed E-state index contributed by atoms with van der Waals surface area (Å²) in [4.78, 5) is 16.4. The molecule has 0 unspecified atom stereocenters. The second-order valence-corrected chi connectivity index (χ2v) is 5.60. The molecule has 0 atom stereocenters. The Hall–Kier alpha value is -2.23. The van der Waals surface area contributed by atoms with Crippen molar-refractivity contribution in [2.24, 2.45) is 0 Å². The van der Waals surface area contributed by atoms with Gasteiger partial charge in [-0.3, -0.25) is 4.79 Å². The smallest absolute Gasteiger partial charge is 0.289 e. The number of anilines is 1. The molecule has 1 amide bonds. The van der Waals surface area contributed by atoms with Crippen molar-refractivity contribution < 1.29 is 9.21 Å². The summed E-state index contributed by atoms with van der Waals surface area (Å²) < 4.78 is 5.19. The maximum Gasteiger partial charge on any atom is 0.289 e. The van der Waals surface area contributed by atoms with Crippen molar-refractivity contribution in [1.29, 1.82) is 0 Å². The number of nitrogens with zero attached hydrogens (tertiary/aromatic N) is 2. The van der Waals surface area contributed by atoms with Gasteiger partial charge in [-0.15, -0.1) is 0 Å². The fourth-order valence-electron chi connectivity index (χ4n) is 2.86. The minimum Gasteiger partial charge on any atom is -0.459 e. The lowest BCUT2D eigenvalue weighted by Gasteiger charge is -2.36. The van der Waals surface area contributed by atoms with Crippen LogP contribution >= 0.6 is 0 Å². The highest BCUT2D eigenvalue weighted by Crippen LogP contribution is 2.20. The third-order valence-electron chi connectivity index (χ3n) is 3.87. The molecule has 2 heterocycles. The van der Waals surface area contributed by atoms with E-state index in [9.17, 15) is 4.79 Å². The zero-order valence-electron chi connectivity index (χ0n) is 12.5. The van der Waals surface area contributed by atoms with Gasteiger partial charge in [0.05, 0.1) is 6.26 Å². The maximum absolute atomic E-state index is 12.2. The van der Waals surface area contributed by atoms with Gasteiger partial charge in [-0.1, -0.05) is 6.07 Å². The van der Waals surface area contributed by atoms with Gasteiger partial charge in [0.1, 0.15) is 0 Å². The SMILES string of the molecule is Cc1cc(C)cc(N2CCN(C(=O)c3ccco3)CC2)c1. The minimum absolute atomic E-state index is 0.0138. The fourth-order valence-corrected chi connectivity index (χ4v) is 2.86. The molecule has 0 saturated carbocycles. The van der Waals surface area contributed by atoms with Crippen molar-refractivity contribution in [1.82, 2.24) is 4.90 Å². The molecule has 4 nitrogen and oxygen atoms in total. The van der Waals surface area contributed by atoms with Crippen LogP contribution in [0.25, 0.3) is 0 Å². The Morgan fingerprint density at radius 2 is 1.71 bits per heavy atom. The van der Waals surface area contributed by atoms with Crippen LogP contribution in [0.1, 0.15) is 21.7 Å². The highest BCUT2D eigenvalue weighted by atomic mass is 16.3. The molecule has 0 N–H and O–H groups in total. The Morgan fingerprint density at radius 3 is 2.29 bits per heavy atom. The zero-order valence-corrected chi connectivity index (χ0v) is 12.5. The van der Waals surface area contributed by atoms with Gasteiger partial charge in [0.25, 0.3) is 5.91 Å². The summed E-state index contributed by atoms with van der Waals surface area (Å²) in [5, 5.41) is 0. The lowest BCUT2D eigenvalue weighted by Crippen LogP contribution is -2.48. The van der Waals surface area contributed by atoms with Crippen LogP contribution in [0.5, 0.6) is 0 Å². The van der Waals surface area contributed by atoms with Crippen molar-refractivity contribution in [2.45, 2.75) is 13.8 Å². The van der Waals surface area contributed by atoms with E-state index in [0.717, 1.165) is 26.2 Å². The molecule has 1 saturated heterocycles. The Labute approximate surface area is 125 Å². The van der Waals surface area contributed by atoms with E-state index in [2.05, 4.69) is 36.9 Å². The molecule has 2 aromatic rings. The maximum atomic E-state index is 12.2. The number of aryl methyl sites for hydroxylation is 2. The number of carbonyl (C=O) groups excluding carboxylic acids is 1. The second kappa shape index (κ2) is 5.64. The molecule has 1 aromatic carbocycles. The molecule has 1 aliphatic heterocycles. The van der Waals surface area contributed by atoms with Gasteiger partial charge in [0, 0.05) is 31.9 Å². The van der Waals surface area contributed by atoms with Gasteiger partial charge in [0.2, 0.25) is 0 Å². The molecule has 0 aliphatic carbocycles. The Morgan fingerprint density at radius 1 is 1.05 bits per heavy atom. The molecular formula is C17H20N2O2. The Balaban J connectivity index is 1.66. The minimum atomic E-state index is -0.0138. The number of rotatable bonds is 2. The van der Waals surface area contributed by atoms with Crippen LogP contribution in [0.4, 0.5) is 5.69 Å². The molecule has 1 fully saturated rings. The standard InChI is InChI=1S/C17H20N2O2/c1-13-10-14(2)12-15(11-13)18-5-7-19(8-6-18)17(20)16-4-3-9-21-16/h3-4,9-12H,5-8H2,1-2H3. The first-order valence-corrected chi connectivity index (χ1v) is 7.29. The third-order valence-corrected chi connectivity index (χ3v) is 3.87. The summed E-state index contributed by atoms with van der Waals surface area (Å²) in [7, 11) is 0. The molecule has 4 heteroatoms. The van der Waals surface area contributed by atoms with Gasteiger partial charge in [-0.05, 0) is 49.2 Å². The lowest BCUT2D eigenvalue weighted by atomic mass is 10.1. The van der Waals surface area contributed by atoms with Crippen LogP contribution in [0, 0.1) is 13.8 Å². The van der Waals surface area contributed by atoms with Gasteiger partial charge in [-0.25, -0.2) is 0 Å². The number of carbonyl (C=O) groups is 1. The normalized spacial score (nSPS) is 15.3. The number of hydrogen-bond donors (Lipinski definition) is 0. The van der Waals surface area contributed by atoms with Crippen LogP contribution in [0.2, 0.25) is 0 Å². The van der Waals surface area contributed by atoms with Gasteiger partial charge in [0.15, 0.2) is 5.76 Å². The lowest BCUT2D eigenvalue weighted by molar-refractivity contribution is 0.0714. The van der Waals surface area contributed by atoms with E-state index in [1.807, 2.05) is 4.90 Å². The van der Waals surface area contributed by atoms with Crippen LogP contribution < -0.4 is 4.90 Å². The predicted octanol–water partition coefficient (Wildman–Crippen LogP) is 2.86. The quantitative estimate of drug-likeness (QED) is 0.851. The number of hydrogen-bond acceptors (Lipinski definition) is 3. The summed E-state index contributed by atoms with van der Waals surface area (Å²) in [6.45, 7) is 7.41. The van der Waals surface area contributed by atoms with E-state index in [1.54, 1.807) is 18.4 Å². The second-order valence-electron chi connectivity index (χ2n) is 5.60. The van der Waals surface area contributed by atoms with Gasteiger partial charge < -0.3 is 14.2 Å². The van der Waals surface area contributed by atoms with Crippen LogP contribution in [0.3, 0.4) is 0 Å². The van der Waals surface area contributed by atoms with Crippen molar-refractivity contribution in [3.63, 3.8) is 0 Å². The largest absolute Gasteiger partial charge is 0.459 e. The summed E-state index contributed by atoms with van der Waals surface area (Å²) in [6, 6.07) is 10.1. The first-order chi connectivity index (χ1) is 10.1. The Kier molecular flexibility index (Phi) is 3.69. The predicted molar refractivity (Wildman–Crippen MR) is 82.7 cm³/mol. The van der Waals surface area contributed by atoms with Gasteiger partial charge >= 0.3 is 0 Å². The summed E-state index contributed by atoms with van der Waals surface area (Å²) in [5.41, 5.74) is 3.80. The number of furan rings is 1. The first kappa shape index (κ1) is 13.7. The molecule has 0 radical (unpaired) electrons. The molecule has 3 rings (SSSR count). The molecule has 21 heavy (non-hydrogen) atoms. The number of piperazine rings is 1. The summed E-state index contributed by atoms with van der Waals surface area (Å²) >= 11 is 0. The summed E-state index contributed by atoms with van der Waals surface area (Å²) in [5.74, 6) is 0.412. The fraction of sp³-hybridized carbons (Fsp3) is 0.353. The average Bonchev–Trinajstić information content (AvgIpc) is 3.00. The zero-order chi connectivity index (χ0) is 14.8. The van der Waals surface area contributed by atoms with E-state index >= 15 is 0 Å². The van der Waals surface area contributed by atoms with Crippen molar-refractivity contribution in [3.05, 3.63) is 53.5 Å². The van der Waals surface area contributed by atoms with E-state index < -0.39 is 0 Å². The Bertz CT molecular complexity index is 606. The highest BCUT2D eigenvalue weighted by molar-refractivity contribution is 5.91. The molecule has 1 aromatic heterocycles. The van der Waals surface area contributed by atoms with Crippen LogP contribution in [-0.2, 0) is 0 Å². The van der Waals surface area contributed by atoms with E-state index in [0.29, 0.717) is 5.76 Å². The third kappa shape index (κ3) is 2.94. The van der Waals surface area contributed by atoms with Crippen molar-refractivity contribution in [2.75, 3.05) is 31.1 Å². The van der Waals surface area contributed by atoms with Gasteiger partial charge in [-0.2, -0.15) is 0 Å². The van der Waals surface area contributed by atoms with Crippen LogP contribution in [-0.4, -0.2) is 37.0 Å². The highest BCUT2D eigenvalue weighted by Gasteiger charge is 2.23. The first-order valence-electron chi connectivity index (χ1n) is 7.29. The molecule has 110 valence electrons. The molecule has 0 spiro atoms. The summed E-state index contributed by atoms with van der Waals surface area (Å²) in [6.07, 6.45) is 1.54. The van der Waals surface area contributed by atoms with Crippen molar-refractivity contribution in [3.8, 4) is 0 Å². The van der Waals surface area contributed by atoms with E-state index in [1.165, 1.54) is 16.8 Å². The van der Waals surface area contributed by atoms with Crippen molar-refractivity contribution >= 4 is 11.6 Å². The number of amides is 1. The molecular weight excluding hydrogens is 264 g/mol.